The molecule has 4 heteroatoms. The second kappa shape index (κ2) is 16.5. The molecule has 140 valence electrons. The van der Waals surface area contributed by atoms with E-state index in [1.165, 1.54) is 70.3 Å². The summed E-state index contributed by atoms with van der Waals surface area (Å²) in [6, 6.07) is 0. The smallest absolute Gasteiger partial charge is 0.310 e. The number of hydrogen-bond donors (Lipinski definition) is 2. The highest BCUT2D eigenvalue weighted by Crippen LogP contribution is 2.13. The molecule has 0 radical (unpaired) electrons. The highest BCUT2D eigenvalue weighted by molar-refractivity contribution is 5.79. The standard InChI is InChI=1S/C20H36O4/c1-2-3-4-5-6-7-8-9-10-11-12-13-14-15-16-18(20(23)24)17-19(21)22/h15-16,18H,2-14,17H2,1H3,(H,21,22)(H,23,24)/b16-15+/t18-/m0/s1. The average Bonchev–Trinajstić information content (AvgIpc) is 2.53. The van der Waals surface area contributed by atoms with Gasteiger partial charge in [0.25, 0.3) is 0 Å². The van der Waals surface area contributed by atoms with Gasteiger partial charge >= 0.3 is 11.9 Å². The Balaban J connectivity index is 3.42. The van der Waals surface area contributed by atoms with Gasteiger partial charge in [0.05, 0.1) is 12.3 Å². The van der Waals surface area contributed by atoms with E-state index < -0.39 is 17.9 Å². The molecule has 0 saturated carbocycles. The van der Waals surface area contributed by atoms with Gasteiger partial charge in [0.15, 0.2) is 0 Å². The Labute approximate surface area is 147 Å². The molecule has 0 rings (SSSR count). The number of carboxylic acid groups (broad SMARTS) is 2. The van der Waals surface area contributed by atoms with Crippen LogP contribution >= 0.6 is 0 Å². The molecule has 24 heavy (non-hydrogen) atoms. The monoisotopic (exact) mass is 340 g/mol. The van der Waals surface area contributed by atoms with E-state index in [-0.39, 0.29) is 6.42 Å². The van der Waals surface area contributed by atoms with E-state index in [1.54, 1.807) is 0 Å². The molecular weight excluding hydrogens is 304 g/mol. The fourth-order valence-electron chi connectivity index (χ4n) is 2.79. The highest BCUT2D eigenvalue weighted by Gasteiger charge is 2.17. The van der Waals surface area contributed by atoms with Crippen LogP contribution in [0.15, 0.2) is 12.2 Å². The Morgan fingerprint density at radius 1 is 0.792 bits per heavy atom. The fraction of sp³-hybridized carbons (Fsp3) is 0.800. The second-order valence-corrected chi connectivity index (χ2v) is 6.65. The van der Waals surface area contributed by atoms with Gasteiger partial charge in [-0.15, -0.1) is 0 Å². The molecule has 0 aliphatic carbocycles. The van der Waals surface area contributed by atoms with Crippen molar-refractivity contribution >= 4 is 11.9 Å². The zero-order valence-corrected chi connectivity index (χ0v) is 15.3. The van der Waals surface area contributed by atoms with Gasteiger partial charge in [0, 0.05) is 0 Å². The predicted octanol–water partition coefficient (Wildman–Crippen LogP) is 5.81. The maximum Gasteiger partial charge on any atom is 0.310 e. The molecule has 0 spiro atoms. The van der Waals surface area contributed by atoms with Crippen LogP contribution < -0.4 is 0 Å². The summed E-state index contributed by atoms with van der Waals surface area (Å²) in [5.41, 5.74) is 0. The Morgan fingerprint density at radius 2 is 1.25 bits per heavy atom. The Morgan fingerprint density at radius 3 is 1.67 bits per heavy atom. The molecule has 0 aliphatic heterocycles. The van der Waals surface area contributed by atoms with Gasteiger partial charge in [-0.1, -0.05) is 89.7 Å². The van der Waals surface area contributed by atoms with Crippen LogP contribution in [-0.4, -0.2) is 22.2 Å². The zero-order valence-electron chi connectivity index (χ0n) is 15.3. The van der Waals surface area contributed by atoms with E-state index in [1.807, 2.05) is 6.08 Å². The molecule has 0 saturated heterocycles. The van der Waals surface area contributed by atoms with E-state index in [0.717, 1.165) is 19.3 Å². The van der Waals surface area contributed by atoms with Crippen molar-refractivity contribution in [2.24, 2.45) is 5.92 Å². The minimum Gasteiger partial charge on any atom is -0.481 e. The van der Waals surface area contributed by atoms with Crippen LogP contribution in [0.5, 0.6) is 0 Å². The molecule has 0 heterocycles. The van der Waals surface area contributed by atoms with Crippen molar-refractivity contribution in [1.82, 2.24) is 0 Å². The van der Waals surface area contributed by atoms with Crippen LogP contribution in [0, 0.1) is 5.92 Å². The van der Waals surface area contributed by atoms with Crippen LogP contribution in [0.25, 0.3) is 0 Å². The van der Waals surface area contributed by atoms with Crippen molar-refractivity contribution in [3.63, 3.8) is 0 Å². The third-order valence-electron chi connectivity index (χ3n) is 4.30. The van der Waals surface area contributed by atoms with Crippen molar-refractivity contribution in [3.05, 3.63) is 12.2 Å². The van der Waals surface area contributed by atoms with Crippen molar-refractivity contribution in [2.75, 3.05) is 0 Å². The molecule has 1 atom stereocenters. The van der Waals surface area contributed by atoms with Gasteiger partial charge in [-0.25, -0.2) is 0 Å². The molecular formula is C20H36O4. The van der Waals surface area contributed by atoms with Crippen molar-refractivity contribution < 1.29 is 19.8 Å². The predicted molar refractivity (Wildman–Crippen MR) is 98.2 cm³/mol. The molecule has 0 unspecified atom stereocenters. The van der Waals surface area contributed by atoms with Crippen LogP contribution in [0.2, 0.25) is 0 Å². The lowest BCUT2D eigenvalue weighted by atomic mass is 10.0. The van der Waals surface area contributed by atoms with Gasteiger partial charge in [0.2, 0.25) is 0 Å². The molecule has 4 nitrogen and oxygen atoms in total. The van der Waals surface area contributed by atoms with Gasteiger partial charge in [0.1, 0.15) is 0 Å². The van der Waals surface area contributed by atoms with Crippen molar-refractivity contribution in [1.29, 1.82) is 0 Å². The normalized spacial score (nSPS) is 12.5. The Hall–Kier alpha value is -1.32. The zero-order chi connectivity index (χ0) is 18.0. The third kappa shape index (κ3) is 15.6. The van der Waals surface area contributed by atoms with Gasteiger partial charge in [-0.05, 0) is 12.8 Å². The minimum absolute atomic E-state index is 0.343. The summed E-state index contributed by atoms with van der Waals surface area (Å²) >= 11 is 0. The highest BCUT2D eigenvalue weighted by atomic mass is 16.4. The van der Waals surface area contributed by atoms with Gasteiger partial charge in [-0.3, -0.25) is 9.59 Å². The van der Waals surface area contributed by atoms with Crippen LogP contribution in [0.3, 0.4) is 0 Å². The first-order valence-electron chi connectivity index (χ1n) is 9.69. The number of hydrogen-bond acceptors (Lipinski definition) is 2. The summed E-state index contributed by atoms with van der Waals surface area (Å²) in [6.45, 7) is 2.25. The van der Waals surface area contributed by atoms with E-state index in [0.29, 0.717) is 0 Å². The topological polar surface area (TPSA) is 74.6 Å². The van der Waals surface area contributed by atoms with E-state index in [2.05, 4.69) is 6.92 Å². The molecule has 0 bridgehead atoms. The van der Waals surface area contributed by atoms with Crippen molar-refractivity contribution in [3.8, 4) is 0 Å². The first-order valence-corrected chi connectivity index (χ1v) is 9.69. The first-order chi connectivity index (χ1) is 11.6. The summed E-state index contributed by atoms with van der Waals surface area (Å²) in [6.07, 6.45) is 19.4. The Kier molecular flexibility index (Phi) is 15.6. The lowest BCUT2D eigenvalue weighted by Gasteiger charge is -2.04. The lowest BCUT2D eigenvalue weighted by molar-refractivity contribution is -0.146. The van der Waals surface area contributed by atoms with Gasteiger partial charge in [-0.2, -0.15) is 0 Å². The van der Waals surface area contributed by atoms with Crippen LogP contribution in [0.1, 0.15) is 96.8 Å². The number of aliphatic carboxylic acids is 2. The molecule has 0 aromatic rings. The number of carboxylic acids is 2. The average molecular weight is 341 g/mol. The summed E-state index contributed by atoms with van der Waals surface area (Å²) in [4.78, 5) is 21.5. The van der Waals surface area contributed by atoms with Crippen LogP contribution in [0.4, 0.5) is 0 Å². The number of unbranched alkanes of at least 4 members (excludes halogenated alkanes) is 12. The molecule has 2 N–H and O–H groups in total. The maximum absolute atomic E-state index is 10.9. The summed E-state index contributed by atoms with van der Waals surface area (Å²) < 4.78 is 0. The van der Waals surface area contributed by atoms with Gasteiger partial charge < -0.3 is 10.2 Å². The first kappa shape index (κ1) is 22.7. The molecule has 0 aromatic carbocycles. The Bertz CT molecular complexity index is 350. The largest absolute Gasteiger partial charge is 0.481 e. The van der Waals surface area contributed by atoms with Crippen molar-refractivity contribution in [2.45, 2.75) is 96.8 Å². The summed E-state index contributed by atoms with van der Waals surface area (Å²) in [5, 5.41) is 17.6. The maximum atomic E-state index is 10.9. The fourth-order valence-corrected chi connectivity index (χ4v) is 2.79. The minimum atomic E-state index is -1.07. The molecule has 0 aromatic heterocycles. The van der Waals surface area contributed by atoms with Crippen LogP contribution in [-0.2, 0) is 9.59 Å². The lowest BCUT2D eigenvalue weighted by Crippen LogP contribution is -2.15. The third-order valence-corrected chi connectivity index (χ3v) is 4.30. The summed E-state index contributed by atoms with van der Waals surface area (Å²) in [7, 11) is 0. The number of allylic oxidation sites excluding steroid dienone is 1. The molecule has 0 amide bonds. The van der Waals surface area contributed by atoms with E-state index in [9.17, 15) is 9.59 Å². The number of rotatable bonds is 17. The van der Waals surface area contributed by atoms with E-state index in [4.69, 9.17) is 10.2 Å². The summed E-state index contributed by atoms with van der Waals surface area (Å²) in [5.74, 6) is -3.04. The quantitative estimate of drug-likeness (QED) is 0.259. The molecule has 0 aliphatic rings. The number of carbonyl (C=O) groups is 2. The van der Waals surface area contributed by atoms with E-state index >= 15 is 0 Å². The second-order valence-electron chi connectivity index (χ2n) is 6.65. The SMILES string of the molecule is CCCCCCCCCCCCCC/C=C/[C@@H](CC(=O)O)C(=O)O. The molecule has 0 fully saturated rings.